The lowest BCUT2D eigenvalue weighted by molar-refractivity contribution is -0.134. The number of hydrogen-bond donors (Lipinski definition) is 1. The van der Waals surface area contributed by atoms with E-state index in [1.54, 1.807) is 19.3 Å². The molecule has 2 aliphatic heterocycles. The van der Waals surface area contributed by atoms with E-state index in [-0.39, 0.29) is 30.5 Å². The molecule has 3 atom stereocenters. The summed E-state index contributed by atoms with van der Waals surface area (Å²) in [5.74, 6) is 0.414. The Morgan fingerprint density at radius 2 is 1.74 bits per heavy atom. The molecule has 2 aliphatic rings. The molecule has 142 valence electrons. The maximum absolute atomic E-state index is 12.0. The van der Waals surface area contributed by atoms with Crippen LogP contribution in [-0.2, 0) is 4.79 Å². The molecule has 1 amide bonds. The van der Waals surface area contributed by atoms with Crippen molar-refractivity contribution in [2.24, 2.45) is 0 Å². The molecule has 27 heavy (non-hydrogen) atoms. The molecule has 1 N–H and O–H groups in total. The monoisotopic (exact) mass is 365 g/mol. The molecule has 0 radical (unpaired) electrons. The van der Waals surface area contributed by atoms with Gasteiger partial charge >= 0.3 is 0 Å². The van der Waals surface area contributed by atoms with Crippen LogP contribution in [0.4, 0.5) is 0 Å². The summed E-state index contributed by atoms with van der Waals surface area (Å²) in [7, 11) is 0. The van der Waals surface area contributed by atoms with Crippen LogP contribution in [0.25, 0.3) is 11.1 Å². The molecule has 2 fully saturated rings. The fourth-order valence-electron chi connectivity index (χ4n) is 4.67. The Hall–Kier alpha value is -2.24. The number of aliphatic hydroxyl groups is 1. The number of aliphatic hydroxyl groups excluding tert-OH is 1. The molecule has 3 heterocycles. The van der Waals surface area contributed by atoms with Crippen molar-refractivity contribution < 1.29 is 9.90 Å². The summed E-state index contributed by atoms with van der Waals surface area (Å²) >= 11 is 0. The van der Waals surface area contributed by atoms with Gasteiger partial charge in [0.25, 0.3) is 0 Å². The molecule has 4 rings (SSSR count). The van der Waals surface area contributed by atoms with Crippen LogP contribution in [0.15, 0.2) is 48.8 Å². The van der Waals surface area contributed by atoms with Crippen molar-refractivity contribution in [1.82, 2.24) is 14.8 Å². The number of hydrogen-bond acceptors (Lipinski definition) is 4. The van der Waals surface area contributed by atoms with Crippen LogP contribution in [0.5, 0.6) is 0 Å². The number of pyridine rings is 1. The second-order valence-electron chi connectivity index (χ2n) is 7.61. The van der Waals surface area contributed by atoms with Gasteiger partial charge in [-0.1, -0.05) is 24.3 Å². The molecular weight excluding hydrogens is 338 g/mol. The minimum atomic E-state index is 0.147. The maximum Gasteiger partial charge on any atom is 0.219 e. The highest BCUT2D eigenvalue weighted by atomic mass is 16.3. The molecule has 2 saturated heterocycles. The first kappa shape index (κ1) is 18.1. The highest BCUT2D eigenvalue weighted by Crippen LogP contribution is 2.42. The molecule has 0 spiro atoms. The van der Waals surface area contributed by atoms with Crippen molar-refractivity contribution >= 4 is 5.91 Å². The van der Waals surface area contributed by atoms with Gasteiger partial charge in [0.15, 0.2) is 0 Å². The molecule has 1 aromatic heterocycles. The number of amides is 1. The van der Waals surface area contributed by atoms with Crippen molar-refractivity contribution in [3.05, 3.63) is 54.4 Å². The van der Waals surface area contributed by atoms with Crippen molar-refractivity contribution in [2.75, 3.05) is 26.2 Å². The lowest BCUT2D eigenvalue weighted by Gasteiger charge is -2.57. The fraction of sp³-hybridized carbons (Fsp3) is 0.455. The molecule has 0 bridgehead atoms. The number of benzene rings is 1. The largest absolute Gasteiger partial charge is 0.395 e. The van der Waals surface area contributed by atoms with Gasteiger partial charge < -0.3 is 10.0 Å². The summed E-state index contributed by atoms with van der Waals surface area (Å²) in [5.41, 5.74) is 3.57. The van der Waals surface area contributed by atoms with Gasteiger partial charge in [0.2, 0.25) is 5.91 Å². The Morgan fingerprint density at radius 3 is 2.41 bits per heavy atom. The predicted molar refractivity (Wildman–Crippen MR) is 105 cm³/mol. The number of carbonyl (C=O) groups excluding carboxylic acids is 1. The van der Waals surface area contributed by atoms with Gasteiger partial charge in [0, 0.05) is 50.4 Å². The third-order valence-electron chi connectivity index (χ3n) is 6.12. The zero-order chi connectivity index (χ0) is 18.8. The van der Waals surface area contributed by atoms with E-state index in [2.05, 4.69) is 34.1 Å². The first-order valence-corrected chi connectivity index (χ1v) is 9.81. The van der Waals surface area contributed by atoms with E-state index in [1.165, 1.54) is 11.1 Å². The molecular formula is C22H27N3O2. The van der Waals surface area contributed by atoms with Crippen LogP contribution in [0.3, 0.4) is 0 Å². The predicted octanol–water partition coefficient (Wildman–Crippen LogP) is 2.52. The van der Waals surface area contributed by atoms with Crippen LogP contribution in [-0.4, -0.2) is 64.1 Å². The van der Waals surface area contributed by atoms with Crippen molar-refractivity contribution in [3.63, 3.8) is 0 Å². The number of fused-ring (bicyclic) bond motifs is 1. The van der Waals surface area contributed by atoms with Crippen molar-refractivity contribution in [2.45, 2.75) is 37.8 Å². The first-order valence-electron chi connectivity index (χ1n) is 9.81. The maximum atomic E-state index is 12.0. The van der Waals surface area contributed by atoms with E-state index >= 15 is 0 Å². The second kappa shape index (κ2) is 7.79. The fourth-order valence-corrected chi connectivity index (χ4v) is 4.67. The van der Waals surface area contributed by atoms with Gasteiger partial charge in [-0.3, -0.25) is 14.7 Å². The molecule has 2 aromatic rings. The summed E-state index contributed by atoms with van der Waals surface area (Å²) in [6.07, 6.45) is 5.72. The Balaban J connectivity index is 1.58. The normalized spacial score (nSPS) is 25.9. The lowest BCUT2D eigenvalue weighted by atomic mass is 9.74. The van der Waals surface area contributed by atoms with Crippen molar-refractivity contribution in [1.29, 1.82) is 0 Å². The second-order valence-corrected chi connectivity index (χ2v) is 7.61. The van der Waals surface area contributed by atoms with E-state index in [1.807, 2.05) is 17.0 Å². The zero-order valence-electron chi connectivity index (χ0n) is 15.8. The lowest BCUT2D eigenvalue weighted by Crippen LogP contribution is -2.67. The van der Waals surface area contributed by atoms with E-state index in [9.17, 15) is 9.90 Å². The average Bonchev–Trinajstić information content (AvgIpc) is 2.67. The summed E-state index contributed by atoms with van der Waals surface area (Å²) in [6.45, 7) is 4.42. The topological polar surface area (TPSA) is 56.7 Å². The Bertz CT molecular complexity index is 778. The van der Waals surface area contributed by atoms with Crippen LogP contribution in [0.2, 0.25) is 0 Å². The Labute approximate surface area is 160 Å². The Morgan fingerprint density at radius 1 is 1.07 bits per heavy atom. The van der Waals surface area contributed by atoms with Crippen LogP contribution >= 0.6 is 0 Å². The van der Waals surface area contributed by atoms with Gasteiger partial charge in [0.05, 0.1) is 6.61 Å². The highest BCUT2D eigenvalue weighted by Gasteiger charge is 2.49. The number of rotatable bonds is 3. The number of aromatic nitrogens is 1. The SMILES string of the molecule is CC(=O)N1CCCCN2[C@H](CO)[C@@H](c3ccc(-c4ccncc4)cc3)[C@H]2C1. The zero-order valence-corrected chi connectivity index (χ0v) is 15.8. The quantitative estimate of drug-likeness (QED) is 0.908. The number of nitrogens with zero attached hydrogens (tertiary/aromatic N) is 3. The van der Waals surface area contributed by atoms with Gasteiger partial charge in [-0.25, -0.2) is 0 Å². The number of carbonyl (C=O) groups is 1. The minimum Gasteiger partial charge on any atom is -0.395 e. The van der Waals surface area contributed by atoms with Gasteiger partial charge in [-0.2, -0.15) is 0 Å². The molecule has 5 heteroatoms. The van der Waals surface area contributed by atoms with E-state index < -0.39 is 0 Å². The molecule has 0 aliphatic carbocycles. The van der Waals surface area contributed by atoms with Crippen LogP contribution in [0.1, 0.15) is 31.2 Å². The smallest absolute Gasteiger partial charge is 0.219 e. The van der Waals surface area contributed by atoms with Crippen molar-refractivity contribution in [3.8, 4) is 11.1 Å². The van der Waals surface area contributed by atoms with E-state index in [0.29, 0.717) is 0 Å². The average molecular weight is 365 g/mol. The van der Waals surface area contributed by atoms with Gasteiger partial charge in [-0.15, -0.1) is 0 Å². The van der Waals surface area contributed by atoms with Gasteiger partial charge in [-0.05, 0) is 48.2 Å². The molecule has 1 aromatic carbocycles. The summed E-state index contributed by atoms with van der Waals surface area (Å²) < 4.78 is 0. The highest BCUT2D eigenvalue weighted by molar-refractivity contribution is 5.73. The third-order valence-corrected chi connectivity index (χ3v) is 6.12. The van der Waals surface area contributed by atoms with E-state index in [4.69, 9.17) is 0 Å². The Kier molecular flexibility index (Phi) is 5.23. The minimum absolute atomic E-state index is 0.147. The summed E-state index contributed by atoms with van der Waals surface area (Å²) in [4.78, 5) is 20.4. The standard InChI is InChI=1S/C22H27N3O2/c1-16(27)24-12-2-3-13-25-20(14-24)22(21(25)15-26)19-6-4-17(5-7-19)18-8-10-23-11-9-18/h4-11,20-22,26H,2-3,12-15H2,1H3/t20-,21-,22+/m1/s1. The van der Waals surface area contributed by atoms with Gasteiger partial charge in [0.1, 0.15) is 0 Å². The summed E-state index contributed by atoms with van der Waals surface area (Å²) in [6, 6.07) is 13.1. The molecule has 0 saturated carbocycles. The molecule has 0 unspecified atom stereocenters. The third kappa shape index (κ3) is 3.49. The van der Waals surface area contributed by atoms with Crippen LogP contribution < -0.4 is 0 Å². The van der Waals surface area contributed by atoms with Crippen LogP contribution in [0, 0.1) is 0 Å². The summed E-state index contributed by atoms with van der Waals surface area (Å²) in [5, 5.41) is 10.00. The first-order chi connectivity index (χ1) is 13.2. The molecule has 5 nitrogen and oxygen atoms in total. The van der Waals surface area contributed by atoms with E-state index in [0.717, 1.165) is 38.0 Å².